The van der Waals surface area contributed by atoms with Crippen molar-refractivity contribution in [2.45, 2.75) is 13.5 Å². The monoisotopic (exact) mass is 393 g/mol. The molecule has 0 bridgehead atoms. The minimum absolute atomic E-state index is 0.177. The van der Waals surface area contributed by atoms with Crippen molar-refractivity contribution in [3.05, 3.63) is 58.6 Å². The molecule has 1 N–H and O–H groups in total. The van der Waals surface area contributed by atoms with Crippen LogP contribution in [0.25, 0.3) is 16.7 Å². The topological polar surface area (TPSA) is 99.8 Å². The van der Waals surface area contributed by atoms with Crippen molar-refractivity contribution in [3.63, 3.8) is 0 Å². The maximum atomic E-state index is 13.0. The van der Waals surface area contributed by atoms with E-state index < -0.39 is 0 Å². The van der Waals surface area contributed by atoms with Crippen LogP contribution in [0.3, 0.4) is 0 Å². The van der Waals surface area contributed by atoms with E-state index in [1.807, 2.05) is 18.2 Å². The molecule has 29 heavy (non-hydrogen) atoms. The lowest BCUT2D eigenvalue weighted by Crippen LogP contribution is -2.29. The fourth-order valence-corrected chi connectivity index (χ4v) is 3.29. The van der Waals surface area contributed by atoms with Crippen LogP contribution in [0, 0.1) is 6.92 Å². The fraction of sp³-hybridized carbons (Fsp3) is 0.200. The normalized spacial score (nSPS) is 11.0. The Morgan fingerprint density at radius 3 is 2.55 bits per heavy atom. The molecule has 1 amide bonds. The van der Waals surface area contributed by atoms with E-state index in [1.54, 1.807) is 42.7 Å². The smallest absolute Gasteiger partial charge is 0.297 e. The van der Waals surface area contributed by atoms with E-state index in [1.165, 1.54) is 11.7 Å². The molecule has 2 aromatic carbocycles. The van der Waals surface area contributed by atoms with Crippen molar-refractivity contribution in [3.8, 4) is 11.5 Å². The molecule has 9 heteroatoms. The lowest BCUT2D eigenvalue weighted by atomic mass is 10.2. The standard InChI is InChI=1S/C20H19N5O4/c1-12-22-23-19-20(27)24(15-6-4-5-7-16(15)25(12)19)11-18(26)21-14-9-8-13(28-2)10-17(14)29-3/h4-10H,11H2,1-3H3,(H,21,26). The van der Waals surface area contributed by atoms with Gasteiger partial charge in [0.1, 0.15) is 23.9 Å². The van der Waals surface area contributed by atoms with Gasteiger partial charge in [-0.25, -0.2) is 0 Å². The molecule has 0 aliphatic carbocycles. The van der Waals surface area contributed by atoms with Crippen molar-refractivity contribution in [1.29, 1.82) is 0 Å². The van der Waals surface area contributed by atoms with Gasteiger partial charge in [0.2, 0.25) is 11.6 Å². The van der Waals surface area contributed by atoms with E-state index in [0.717, 1.165) is 5.52 Å². The number of methoxy groups -OCH3 is 2. The molecule has 0 saturated heterocycles. The summed E-state index contributed by atoms with van der Waals surface area (Å²) in [5, 5.41) is 10.8. The summed E-state index contributed by atoms with van der Waals surface area (Å²) >= 11 is 0. The first-order chi connectivity index (χ1) is 14.0. The lowest BCUT2D eigenvalue weighted by Gasteiger charge is -2.14. The summed E-state index contributed by atoms with van der Waals surface area (Å²) in [4.78, 5) is 25.7. The Kier molecular flexibility index (Phi) is 4.63. The molecule has 0 radical (unpaired) electrons. The van der Waals surface area contributed by atoms with Gasteiger partial charge in [-0.15, -0.1) is 10.2 Å². The first-order valence-corrected chi connectivity index (χ1v) is 8.88. The number of benzene rings is 2. The van der Waals surface area contributed by atoms with Gasteiger partial charge in [-0.05, 0) is 31.2 Å². The van der Waals surface area contributed by atoms with Gasteiger partial charge >= 0.3 is 0 Å². The zero-order chi connectivity index (χ0) is 20.5. The highest BCUT2D eigenvalue weighted by Crippen LogP contribution is 2.29. The van der Waals surface area contributed by atoms with Crippen LogP contribution in [0.5, 0.6) is 11.5 Å². The van der Waals surface area contributed by atoms with E-state index in [9.17, 15) is 9.59 Å². The Morgan fingerprint density at radius 2 is 1.83 bits per heavy atom. The number of fused-ring (bicyclic) bond motifs is 3. The Balaban J connectivity index is 1.74. The van der Waals surface area contributed by atoms with Crippen LogP contribution in [0.1, 0.15) is 5.82 Å². The Morgan fingerprint density at radius 1 is 1.07 bits per heavy atom. The van der Waals surface area contributed by atoms with Crippen LogP contribution in [-0.2, 0) is 11.3 Å². The van der Waals surface area contributed by atoms with Gasteiger partial charge in [-0.3, -0.25) is 18.6 Å². The number of amides is 1. The second-order valence-electron chi connectivity index (χ2n) is 6.40. The van der Waals surface area contributed by atoms with E-state index in [0.29, 0.717) is 28.5 Å². The number of nitrogens with zero attached hydrogens (tertiary/aromatic N) is 4. The predicted octanol–water partition coefficient (Wildman–Crippen LogP) is 2.01. The summed E-state index contributed by atoms with van der Waals surface area (Å²) in [5.41, 5.74) is 1.64. The number of aryl methyl sites for hydroxylation is 1. The van der Waals surface area contributed by atoms with Gasteiger partial charge < -0.3 is 14.8 Å². The Labute approximate surface area is 165 Å². The minimum atomic E-state index is -0.388. The molecular weight excluding hydrogens is 374 g/mol. The van der Waals surface area contributed by atoms with Gasteiger partial charge in [0, 0.05) is 6.07 Å². The summed E-state index contributed by atoms with van der Waals surface area (Å²) in [6.45, 7) is 1.59. The molecule has 2 aromatic heterocycles. The quantitative estimate of drug-likeness (QED) is 0.557. The van der Waals surface area contributed by atoms with Crippen LogP contribution < -0.4 is 20.3 Å². The SMILES string of the molecule is COc1ccc(NC(=O)Cn2c(=O)c3nnc(C)n3c3ccccc32)c(OC)c1. The average Bonchev–Trinajstić information content (AvgIpc) is 3.13. The van der Waals surface area contributed by atoms with Crippen LogP contribution in [0.15, 0.2) is 47.3 Å². The maximum absolute atomic E-state index is 13.0. The number of para-hydroxylation sites is 2. The molecule has 0 spiro atoms. The van der Waals surface area contributed by atoms with E-state index in [4.69, 9.17) is 9.47 Å². The van der Waals surface area contributed by atoms with Crippen molar-refractivity contribution in [2.24, 2.45) is 0 Å². The van der Waals surface area contributed by atoms with Gasteiger partial charge in [0.05, 0.1) is 30.9 Å². The predicted molar refractivity (Wildman–Crippen MR) is 108 cm³/mol. The van der Waals surface area contributed by atoms with Crippen molar-refractivity contribution in [1.82, 2.24) is 19.2 Å². The molecule has 9 nitrogen and oxygen atoms in total. The van der Waals surface area contributed by atoms with Gasteiger partial charge in [-0.1, -0.05) is 12.1 Å². The van der Waals surface area contributed by atoms with E-state index in [2.05, 4.69) is 15.5 Å². The summed E-state index contributed by atoms with van der Waals surface area (Å²) in [7, 11) is 3.05. The van der Waals surface area contributed by atoms with Crippen LogP contribution in [-0.4, -0.2) is 39.3 Å². The van der Waals surface area contributed by atoms with Crippen LogP contribution >= 0.6 is 0 Å². The Bertz CT molecular complexity index is 1290. The highest BCUT2D eigenvalue weighted by Gasteiger charge is 2.17. The van der Waals surface area contributed by atoms with Gasteiger partial charge in [-0.2, -0.15) is 0 Å². The number of hydrogen-bond acceptors (Lipinski definition) is 6. The van der Waals surface area contributed by atoms with Gasteiger partial charge in [0.15, 0.2) is 0 Å². The molecule has 0 aliphatic rings. The summed E-state index contributed by atoms with van der Waals surface area (Å²) in [6, 6.07) is 12.4. The maximum Gasteiger partial charge on any atom is 0.297 e. The zero-order valence-electron chi connectivity index (χ0n) is 16.2. The summed E-state index contributed by atoms with van der Waals surface area (Å²) < 4.78 is 13.6. The highest BCUT2D eigenvalue weighted by atomic mass is 16.5. The first-order valence-electron chi connectivity index (χ1n) is 8.88. The molecule has 0 atom stereocenters. The fourth-order valence-electron chi connectivity index (χ4n) is 3.29. The summed E-state index contributed by atoms with van der Waals surface area (Å²) in [6.07, 6.45) is 0. The molecule has 148 valence electrons. The van der Waals surface area contributed by atoms with Crippen molar-refractivity contribution >= 4 is 28.3 Å². The molecule has 0 aliphatic heterocycles. The number of aromatic nitrogens is 4. The highest BCUT2D eigenvalue weighted by molar-refractivity contribution is 5.93. The first kappa shape index (κ1) is 18.5. The van der Waals surface area contributed by atoms with Crippen molar-refractivity contribution < 1.29 is 14.3 Å². The molecular formula is C20H19N5O4. The third-order valence-electron chi connectivity index (χ3n) is 4.66. The van der Waals surface area contributed by atoms with Crippen LogP contribution in [0.2, 0.25) is 0 Å². The summed E-state index contributed by atoms with van der Waals surface area (Å²) in [5.74, 6) is 1.29. The largest absolute Gasteiger partial charge is 0.497 e. The molecule has 2 heterocycles. The van der Waals surface area contributed by atoms with Crippen LogP contribution in [0.4, 0.5) is 5.69 Å². The molecule has 0 saturated carbocycles. The average molecular weight is 393 g/mol. The molecule has 0 fully saturated rings. The van der Waals surface area contributed by atoms with E-state index >= 15 is 0 Å². The third kappa shape index (κ3) is 3.16. The molecule has 0 unspecified atom stereocenters. The number of hydrogen-bond donors (Lipinski definition) is 1. The lowest BCUT2D eigenvalue weighted by molar-refractivity contribution is -0.116. The zero-order valence-corrected chi connectivity index (χ0v) is 16.2. The second kappa shape index (κ2) is 7.27. The number of ether oxygens (including phenoxy) is 2. The Hall–Kier alpha value is -3.88. The molecule has 4 aromatic rings. The van der Waals surface area contributed by atoms with E-state index in [-0.39, 0.29) is 23.7 Å². The second-order valence-corrected chi connectivity index (χ2v) is 6.40. The number of nitrogens with one attached hydrogen (secondary N) is 1. The third-order valence-corrected chi connectivity index (χ3v) is 4.66. The number of anilines is 1. The minimum Gasteiger partial charge on any atom is -0.497 e. The van der Waals surface area contributed by atoms with Gasteiger partial charge in [0.25, 0.3) is 5.56 Å². The van der Waals surface area contributed by atoms with Crippen molar-refractivity contribution in [2.75, 3.05) is 19.5 Å². The molecule has 4 rings (SSSR count). The number of carbonyl (C=O) groups is 1. The number of rotatable bonds is 5. The number of carbonyl (C=O) groups excluding carboxylic acids is 1.